The van der Waals surface area contributed by atoms with E-state index in [1.165, 1.54) is 5.01 Å². The first-order valence-corrected chi connectivity index (χ1v) is 7.42. The van der Waals surface area contributed by atoms with Crippen LogP contribution in [0.25, 0.3) is 0 Å². The lowest BCUT2D eigenvalue weighted by molar-refractivity contribution is 0.315. The lowest BCUT2D eigenvalue weighted by Gasteiger charge is -2.33. The summed E-state index contributed by atoms with van der Waals surface area (Å²) in [6.45, 7) is 1.12. The summed E-state index contributed by atoms with van der Waals surface area (Å²) in [6, 6.07) is 22.2. The zero-order valence-electron chi connectivity index (χ0n) is 12.2. The van der Waals surface area contributed by atoms with Gasteiger partial charge >= 0.3 is 0 Å². The minimum Gasteiger partial charge on any atom is -0.261 e. The molecule has 0 bridgehead atoms. The third kappa shape index (κ3) is 2.25. The zero-order valence-corrected chi connectivity index (χ0v) is 12.2. The number of benzene rings is 2. The predicted molar refractivity (Wildman–Crippen MR) is 84.8 cm³/mol. The highest BCUT2D eigenvalue weighted by Gasteiger charge is 2.45. The maximum Gasteiger partial charge on any atom is 0.112 e. The van der Waals surface area contributed by atoms with E-state index in [4.69, 9.17) is 0 Å². The molecule has 0 amide bonds. The summed E-state index contributed by atoms with van der Waals surface area (Å²) in [4.78, 5) is 10.8. The molecule has 1 heterocycles. The molecule has 0 spiro atoms. The van der Waals surface area contributed by atoms with Crippen LogP contribution in [-0.2, 0) is 5.41 Å². The fourth-order valence-corrected chi connectivity index (χ4v) is 3.43. The molecule has 0 aromatic heterocycles. The van der Waals surface area contributed by atoms with Crippen LogP contribution in [-0.4, -0.2) is 18.1 Å². The Labute approximate surface area is 129 Å². The summed E-state index contributed by atoms with van der Waals surface area (Å²) in [7, 11) is 0. The first kappa shape index (κ1) is 14.3. The average molecular weight is 291 g/mol. The van der Waals surface area contributed by atoms with Gasteiger partial charge in [0.15, 0.2) is 0 Å². The van der Waals surface area contributed by atoms with Crippen LogP contribution < -0.4 is 0 Å². The molecular weight excluding hydrogens is 274 g/mol. The first-order chi connectivity index (χ1) is 10.8. The summed E-state index contributed by atoms with van der Waals surface area (Å²) >= 11 is 0. The van der Waals surface area contributed by atoms with E-state index in [0.29, 0.717) is 13.1 Å². The molecule has 22 heavy (non-hydrogen) atoms. The van der Waals surface area contributed by atoms with Gasteiger partial charge in [-0.25, -0.2) is 0 Å². The number of nitrogens with zero attached hydrogens (tertiary/aromatic N) is 3. The topological polar surface area (TPSA) is 56.5 Å². The number of nitroso groups, excluding NO2 is 1. The maximum absolute atomic E-state index is 10.8. The largest absolute Gasteiger partial charge is 0.261 e. The van der Waals surface area contributed by atoms with Gasteiger partial charge < -0.3 is 0 Å². The van der Waals surface area contributed by atoms with Crippen molar-refractivity contribution in [1.29, 1.82) is 5.26 Å². The second kappa shape index (κ2) is 5.98. The molecule has 1 aliphatic rings. The van der Waals surface area contributed by atoms with Gasteiger partial charge in [-0.1, -0.05) is 60.7 Å². The van der Waals surface area contributed by atoms with E-state index in [2.05, 4.69) is 11.4 Å². The van der Waals surface area contributed by atoms with Crippen molar-refractivity contribution in [3.63, 3.8) is 0 Å². The molecule has 0 saturated carbocycles. The van der Waals surface area contributed by atoms with E-state index in [1.807, 2.05) is 60.7 Å². The van der Waals surface area contributed by atoms with Crippen molar-refractivity contribution in [2.75, 3.05) is 13.1 Å². The standard InChI is InChI=1S/C18H17N3O/c19-14-18(15-7-3-1-4-8-15,16-9-5-2-6-10-16)17-11-12-21(13-17)20-22/h1-10,17H,11-13H2. The zero-order chi connectivity index (χ0) is 15.4. The molecule has 1 saturated heterocycles. The molecule has 4 heteroatoms. The molecule has 0 N–H and O–H groups in total. The number of nitriles is 1. The van der Waals surface area contributed by atoms with Gasteiger partial charge in [0.2, 0.25) is 0 Å². The van der Waals surface area contributed by atoms with E-state index >= 15 is 0 Å². The Kier molecular flexibility index (Phi) is 3.88. The quantitative estimate of drug-likeness (QED) is 0.810. The Hall–Kier alpha value is -2.67. The van der Waals surface area contributed by atoms with Crippen LogP contribution in [0.4, 0.5) is 0 Å². The molecule has 1 unspecified atom stereocenters. The van der Waals surface area contributed by atoms with Crippen LogP contribution in [0.1, 0.15) is 17.5 Å². The third-order valence-electron chi connectivity index (χ3n) is 4.53. The van der Waals surface area contributed by atoms with Crippen molar-refractivity contribution in [2.24, 2.45) is 11.2 Å². The molecule has 2 aromatic rings. The van der Waals surface area contributed by atoms with Crippen LogP contribution >= 0.6 is 0 Å². The van der Waals surface area contributed by atoms with E-state index in [0.717, 1.165) is 17.5 Å². The minimum atomic E-state index is -0.748. The molecule has 3 rings (SSSR count). The van der Waals surface area contributed by atoms with Crippen molar-refractivity contribution in [3.8, 4) is 6.07 Å². The van der Waals surface area contributed by atoms with Crippen LogP contribution in [0.5, 0.6) is 0 Å². The normalized spacial score (nSPS) is 18.0. The van der Waals surface area contributed by atoms with Gasteiger partial charge in [-0.2, -0.15) is 5.26 Å². The van der Waals surface area contributed by atoms with Gasteiger partial charge in [0.1, 0.15) is 5.41 Å². The summed E-state index contributed by atoms with van der Waals surface area (Å²) in [5.41, 5.74) is 1.20. The van der Waals surface area contributed by atoms with Gasteiger partial charge in [-0.3, -0.25) is 5.01 Å². The SMILES string of the molecule is N#CC(c1ccccc1)(c1ccccc1)C1CCN(N=O)C1. The van der Waals surface area contributed by atoms with Crippen LogP contribution in [0.15, 0.2) is 65.9 Å². The smallest absolute Gasteiger partial charge is 0.112 e. The average Bonchev–Trinajstić information content (AvgIpc) is 3.08. The van der Waals surface area contributed by atoms with Gasteiger partial charge in [0, 0.05) is 19.0 Å². The molecule has 1 fully saturated rings. The predicted octanol–water partition coefficient (Wildman–Crippen LogP) is 3.50. The molecule has 4 nitrogen and oxygen atoms in total. The Bertz CT molecular complexity index is 639. The van der Waals surface area contributed by atoms with Gasteiger partial charge in [-0.15, -0.1) is 4.91 Å². The highest BCUT2D eigenvalue weighted by atomic mass is 16.3. The summed E-state index contributed by atoms with van der Waals surface area (Å²) in [5, 5.41) is 14.7. The highest BCUT2D eigenvalue weighted by Crippen LogP contribution is 2.43. The number of hydrogen-bond donors (Lipinski definition) is 0. The van der Waals surface area contributed by atoms with Crippen molar-refractivity contribution in [1.82, 2.24) is 5.01 Å². The highest BCUT2D eigenvalue weighted by molar-refractivity contribution is 5.47. The van der Waals surface area contributed by atoms with Crippen molar-refractivity contribution < 1.29 is 0 Å². The van der Waals surface area contributed by atoms with Crippen molar-refractivity contribution in [2.45, 2.75) is 11.8 Å². The lowest BCUT2D eigenvalue weighted by atomic mass is 9.66. The van der Waals surface area contributed by atoms with Gasteiger partial charge in [0.05, 0.1) is 11.4 Å². The summed E-state index contributed by atoms with van der Waals surface area (Å²) < 4.78 is 0. The van der Waals surface area contributed by atoms with E-state index < -0.39 is 5.41 Å². The minimum absolute atomic E-state index is 0.0417. The molecule has 1 aliphatic heterocycles. The van der Waals surface area contributed by atoms with Gasteiger partial charge in [-0.05, 0) is 17.5 Å². The maximum atomic E-state index is 10.8. The Balaban J connectivity index is 2.14. The summed E-state index contributed by atoms with van der Waals surface area (Å²) in [6.07, 6.45) is 0.781. The fourth-order valence-electron chi connectivity index (χ4n) is 3.43. The second-order valence-corrected chi connectivity index (χ2v) is 5.63. The molecule has 0 radical (unpaired) electrons. The molecule has 110 valence electrons. The van der Waals surface area contributed by atoms with Crippen LogP contribution in [0.3, 0.4) is 0 Å². The van der Waals surface area contributed by atoms with Gasteiger partial charge in [0.25, 0.3) is 0 Å². The Morgan fingerprint density at radius 3 is 2.00 bits per heavy atom. The molecular formula is C18H17N3O. The second-order valence-electron chi connectivity index (χ2n) is 5.63. The van der Waals surface area contributed by atoms with Crippen molar-refractivity contribution >= 4 is 0 Å². The molecule has 1 atom stereocenters. The van der Waals surface area contributed by atoms with Crippen LogP contribution in [0.2, 0.25) is 0 Å². The Morgan fingerprint density at radius 1 is 1.05 bits per heavy atom. The molecule has 2 aromatic carbocycles. The number of rotatable bonds is 4. The monoisotopic (exact) mass is 291 g/mol. The number of hydrogen-bond acceptors (Lipinski definition) is 3. The van der Waals surface area contributed by atoms with Crippen LogP contribution in [0, 0.1) is 22.2 Å². The van der Waals surface area contributed by atoms with E-state index in [-0.39, 0.29) is 5.92 Å². The van der Waals surface area contributed by atoms with E-state index in [9.17, 15) is 10.2 Å². The summed E-state index contributed by atoms with van der Waals surface area (Å²) in [5.74, 6) is 0.0417. The Morgan fingerprint density at radius 2 is 1.59 bits per heavy atom. The van der Waals surface area contributed by atoms with E-state index in [1.54, 1.807) is 0 Å². The lowest BCUT2D eigenvalue weighted by Crippen LogP contribution is -2.36. The van der Waals surface area contributed by atoms with Crippen molar-refractivity contribution in [3.05, 3.63) is 76.7 Å². The first-order valence-electron chi connectivity index (χ1n) is 7.42. The third-order valence-corrected chi connectivity index (χ3v) is 4.53. The fraction of sp³-hybridized carbons (Fsp3) is 0.278. The molecule has 0 aliphatic carbocycles.